The van der Waals surface area contributed by atoms with Gasteiger partial charge in [-0.3, -0.25) is 4.79 Å². The van der Waals surface area contributed by atoms with Crippen LogP contribution < -0.4 is 5.73 Å². The van der Waals surface area contributed by atoms with Crippen LogP contribution in [0.1, 0.15) is 19.4 Å². The van der Waals surface area contributed by atoms with Gasteiger partial charge in [0.25, 0.3) is 0 Å². The van der Waals surface area contributed by atoms with Crippen molar-refractivity contribution in [2.45, 2.75) is 25.3 Å². The van der Waals surface area contributed by atoms with Crippen LogP contribution in [0.5, 0.6) is 0 Å². The van der Waals surface area contributed by atoms with Gasteiger partial charge in [-0.1, -0.05) is 31.5 Å². The van der Waals surface area contributed by atoms with Crippen molar-refractivity contribution in [2.75, 3.05) is 7.11 Å². The lowest BCUT2D eigenvalue weighted by Crippen LogP contribution is -2.47. The van der Waals surface area contributed by atoms with E-state index in [0.29, 0.717) is 5.15 Å². The third-order valence-electron chi connectivity index (χ3n) is 2.70. The van der Waals surface area contributed by atoms with Gasteiger partial charge in [0, 0.05) is 11.6 Å². The first-order valence-corrected chi connectivity index (χ1v) is 5.23. The van der Waals surface area contributed by atoms with Gasteiger partial charge in [0.1, 0.15) is 11.2 Å². The van der Waals surface area contributed by atoms with Gasteiger partial charge in [-0.25, -0.2) is 4.98 Å². The monoisotopic (exact) mass is 242 g/mol. The van der Waals surface area contributed by atoms with Gasteiger partial charge in [0.15, 0.2) is 0 Å². The summed E-state index contributed by atoms with van der Waals surface area (Å²) in [5.74, 6) is -0.444. The average molecular weight is 243 g/mol. The number of hydrogen-bond donors (Lipinski definition) is 1. The number of nitrogens with two attached hydrogens (primary N) is 1. The highest BCUT2D eigenvalue weighted by Crippen LogP contribution is 2.26. The molecule has 0 spiro atoms. The van der Waals surface area contributed by atoms with E-state index < -0.39 is 17.4 Å². The molecule has 5 heteroatoms. The largest absolute Gasteiger partial charge is 0.468 e. The number of nitrogens with zero attached hydrogens (tertiary/aromatic N) is 1. The van der Waals surface area contributed by atoms with Gasteiger partial charge in [-0.15, -0.1) is 0 Å². The van der Waals surface area contributed by atoms with Crippen molar-refractivity contribution in [1.29, 1.82) is 0 Å². The summed E-state index contributed by atoms with van der Waals surface area (Å²) in [7, 11) is 1.32. The Morgan fingerprint density at radius 2 is 2.19 bits per heavy atom. The van der Waals surface area contributed by atoms with Crippen molar-refractivity contribution < 1.29 is 9.53 Å². The number of carbonyl (C=O) groups excluding carboxylic acids is 1. The van der Waals surface area contributed by atoms with Crippen molar-refractivity contribution >= 4 is 17.6 Å². The first-order chi connectivity index (χ1) is 7.39. The molecule has 0 saturated carbocycles. The summed E-state index contributed by atoms with van der Waals surface area (Å²) < 4.78 is 4.63. The number of pyridine rings is 1. The predicted molar refractivity (Wildman–Crippen MR) is 62.3 cm³/mol. The first-order valence-electron chi connectivity index (χ1n) is 4.85. The van der Waals surface area contributed by atoms with Crippen LogP contribution >= 0.6 is 11.6 Å². The molecule has 0 fully saturated rings. The number of carbonyl (C=O) groups is 1. The summed E-state index contributed by atoms with van der Waals surface area (Å²) >= 11 is 5.70. The molecule has 1 atom stereocenters. The summed E-state index contributed by atoms with van der Waals surface area (Å²) in [5, 5.41) is 0.409. The molecule has 1 rings (SSSR count). The molecule has 0 amide bonds. The fourth-order valence-corrected chi connectivity index (χ4v) is 1.47. The molecule has 88 valence electrons. The van der Waals surface area contributed by atoms with Gasteiger partial charge >= 0.3 is 5.97 Å². The standard InChI is InChI=1S/C11H15ClN2O2/c1-11(2,9(13)10(15)16-3)7-4-5-8(12)14-6-7/h4-6,9H,13H2,1-3H3. The SMILES string of the molecule is COC(=O)C(N)C(C)(C)c1ccc(Cl)nc1. The van der Waals surface area contributed by atoms with E-state index >= 15 is 0 Å². The Morgan fingerprint density at radius 1 is 1.56 bits per heavy atom. The molecule has 1 unspecified atom stereocenters. The van der Waals surface area contributed by atoms with Crippen molar-refractivity contribution in [3.63, 3.8) is 0 Å². The number of esters is 1. The minimum Gasteiger partial charge on any atom is -0.468 e. The third kappa shape index (κ3) is 2.51. The molecule has 1 aromatic rings. The van der Waals surface area contributed by atoms with Gasteiger partial charge in [-0.2, -0.15) is 0 Å². The van der Waals surface area contributed by atoms with Crippen LogP contribution in [0.15, 0.2) is 18.3 Å². The highest BCUT2D eigenvalue weighted by Gasteiger charge is 2.34. The van der Waals surface area contributed by atoms with E-state index in [1.807, 2.05) is 13.8 Å². The number of aromatic nitrogens is 1. The summed E-state index contributed by atoms with van der Waals surface area (Å²) in [4.78, 5) is 15.4. The molecule has 2 N–H and O–H groups in total. The lowest BCUT2D eigenvalue weighted by atomic mass is 9.79. The fraction of sp³-hybridized carbons (Fsp3) is 0.455. The second-order valence-electron chi connectivity index (χ2n) is 4.09. The van der Waals surface area contributed by atoms with Crippen LogP contribution in [0.4, 0.5) is 0 Å². The van der Waals surface area contributed by atoms with Gasteiger partial charge in [-0.05, 0) is 11.6 Å². The van der Waals surface area contributed by atoms with Crippen LogP contribution in [-0.2, 0) is 14.9 Å². The smallest absolute Gasteiger partial charge is 0.323 e. The second kappa shape index (κ2) is 4.80. The maximum Gasteiger partial charge on any atom is 0.323 e. The van der Waals surface area contributed by atoms with E-state index in [4.69, 9.17) is 17.3 Å². The zero-order valence-corrected chi connectivity index (χ0v) is 10.3. The third-order valence-corrected chi connectivity index (χ3v) is 2.93. The van der Waals surface area contributed by atoms with Crippen LogP contribution in [-0.4, -0.2) is 24.1 Å². The van der Waals surface area contributed by atoms with E-state index in [0.717, 1.165) is 5.56 Å². The molecule has 0 aliphatic heterocycles. The Balaban J connectivity index is 3.01. The zero-order valence-electron chi connectivity index (χ0n) is 9.53. The predicted octanol–water partition coefficient (Wildman–Crippen LogP) is 1.51. The Labute approximate surface area is 99.8 Å². The number of halogens is 1. The molecule has 4 nitrogen and oxygen atoms in total. The number of ether oxygens (including phenoxy) is 1. The Kier molecular flexibility index (Phi) is 3.88. The summed E-state index contributed by atoms with van der Waals surface area (Å²) in [6.45, 7) is 3.72. The minimum absolute atomic E-state index is 0.409. The Hall–Kier alpha value is -1.13. The second-order valence-corrected chi connectivity index (χ2v) is 4.48. The minimum atomic E-state index is -0.736. The van der Waals surface area contributed by atoms with E-state index in [9.17, 15) is 4.79 Å². The summed E-state index contributed by atoms with van der Waals surface area (Å²) in [6.07, 6.45) is 1.62. The van der Waals surface area contributed by atoms with Gasteiger partial charge in [0.2, 0.25) is 0 Å². The molecule has 0 saturated heterocycles. The van der Waals surface area contributed by atoms with Crippen LogP contribution in [0.3, 0.4) is 0 Å². The Bertz CT molecular complexity index is 376. The van der Waals surface area contributed by atoms with Crippen molar-refractivity contribution in [3.05, 3.63) is 29.0 Å². The topological polar surface area (TPSA) is 65.2 Å². The molecule has 1 aromatic heterocycles. The van der Waals surface area contributed by atoms with Crippen LogP contribution in [0.25, 0.3) is 0 Å². The molecule has 0 aliphatic rings. The lowest BCUT2D eigenvalue weighted by molar-refractivity contribution is -0.143. The van der Waals surface area contributed by atoms with E-state index in [2.05, 4.69) is 9.72 Å². The average Bonchev–Trinajstić information content (AvgIpc) is 2.27. The van der Waals surface area contributed by atoms with Gasteiger partial charge in [0.05, 0.1) is 7.11 Å². The quantitative estimate of drug-likeness (QED) is 0.645. The molecular weight excluding hydrogens is 228 g/mol. The summed E-state index contributed by atoms with van der Waals surface area (Å²) in [6, 6.07) is 2.74. The van der Waals surface area contributed by atoms with E-state index in [1.54, 1.807) is 18.3 Å². The molecule has 0 aromatic carbocycles. The number of hydrogen-bond acceptors (Lipinski definition) is 4. The normalized spacial score (nSPS) is 13.3. The maximum atomic E-state index is 11.4. The van der Waals surface area contributed by atoms with Crippen molar-refractivity contribution in [2.24, 2.45) is 5.73 Å². The molecular formula is C11H15ClN2O2. The molecule has 0 radical (unpaired) electrons. The van der Waals surface area contributed by atoms with Gasteiger partial charge < -0.3 is 10.5 Å². The molecule has 0 bridgehead atoms. The lowest BCUT2D eigenvalue weighted by Gasteiger charge is -2.29. The first kappa shape index (κ1) is 12.9. The highest BCUT2D eigenvalue weighted by atomic mass is 35.5. The van der Waals surface area contributed by atoms with Crippen LogP contribution in [0.2, 0.25) is 5.15 Å². The van der Waals surface area contributed by atoms with E-state index in [-0.39, 0.29) is 0 Å². The molecule has 1 heterocycles. The zero-order chi connectivity index (χ0) is 12.3. The molecule has 16 heavy (non-hydrogen) atoms. The Morgan fingerprint density at radius 3 is 2.62 bits per heavy atom. The van der Waals surface area contributed by atoms with E-state index in [1.165, 1.54) is 7.11 Å². The number of methoxy groups -OCH3 is 1. The fourth-order valence-electron chi connectivity index (χ4n) is 1.36. The highest BCUT2D eigenvalue weighted by molar-refractivity contribution is 6.29. The summed E-state index contributed by atoms with van der Waals surface area (Å²) in [5.41, 5.74) is 6.13. The maximum absolute atomic E-state index is 11.4. The van der Waals surface area contributed by atoms with Crippen molar-refractivity contribution in [3.8, 4) is 0 Å². The van der Waals surface area contributed by atoms with Crippen molar-refractivity contribution in [1.82, 2.24) is 4.98 Å². The number of rotatable bonds is 3. The van der Waals surface area contributed by atoms with Crippen LogP contribution in [0, 0.1) is 0 Å². The molecule has 0 aliphatic carbocycles.